The number of thiophene rings is 1. The van der Waals surface area contributed by atoms with E-state index in [-0.39, 0.29) is 11.7 Å². The normalized spacial score (nSPS) is 10.2. The highest BCUT2D eigenvalue weighted by Gasteiger charge is 2.07. The summed E-state index contributed by atoms with van der Waals surface area (Å²) < 4.78 is 0. The van der Waals surface area contributed by atoms with Gasteiger partial charge in [0.2, 0.25) is 0 Å². The largest absolute Gasteiger partial charge is 0.354 e. The van der Waals surface area contributed by atoms with Crippen molar-refractivity contribution in [3.8, 4) is 0 Å². The van der Waals surface area contributed by atoms with E-state index in [1.165, 1.54) is 18.3 Å². The molecule has 0 unspecified atom stereocenters. The van der Waals surface area contributed by atoms with Gasteiger partial charge in [-0.2, -0.15) is 0 Å². The Morgan fingerprint density at radius 1 is 1.00 bits per heavy atom. The highest BCUT2D eigenvalue weighted by Crippen LogP contribution is 2.18. The first-order valence-electron chi connectivity index (χ1n) is 7.31. The molecular formula is C18H15N3O2S. The first-order valence-corrected chi connectivity index (χ1v) is 8.19. The third-order valence-electron chi connectivity index (χ3n) is 3.33. The molecular weight excluding hydrogens is 322 g/mol. The Bertz CT molecular complexity index is 841. The molecule has 3 rings (SSSR count). The highest BCUT2D eigenvalue weighted by atomic mass is 32.1. The molecule has 2 aromatic heterocycles. The third-order valence-corrected chi connectivity index (χ3v) is 4.20. The maximum atomic E-state index is 12.0. The van der Waals surface area contributed by atoms with E-state index in [1.54, 1.807) is 30.5 Å². The number of anilines is 3. The lowest BCUT2D eigenvalue weighted by Gasteiger charge is -2.08. The SMILES string of the molecule is CC(=O)c1ccc(Nc2ccc(NC(=O)c3cccs3)nc2)cc1. The van der Waals surface area contributed by atoms with Gasteiger partial charge < -0.3 is 10.6 Å². The number of hydrogen-bond acceptors (Lipinski definition) is 5. The Hall–Kier alpha value is -2.99. The van der Waals surface area contributed by atoms with Crippen LogP contribution in [0.3, 0.4) is 0 Å². The number of aromatic nitrogens is 1. The maximum absolute atomic E-state index is 12.0. The molecule has 120 valence electrons. The number of hydrogen-bond donors (Lipinski definition) is 2. The molecule has 0 radical (unpaired) electrons. The molecule has 2 N–H and O–H groups in total. The fourth-order valence-corrected chi connectivity index (χ4v) is 2.70. The number of pyridine rings is 1. The Morgan fingerprint density at radius 2 is 1.75 bits per heavy atom. The number of rotatable bonds is 5. The van der Waals surface area contributed by atoms with Crippen molar-refractivity contribution in [2.45, 2.75) is 6.92 Å². The summed E-state index contributed by atoms with van der Waals surface area (Å²) in [6, 6.07) is 14.4. The van der Waals surface area contributed by atoms with Crippen LogP contribution in [0.4, 0.5) is 17.2 Å². The molecule has 3 aromatic rings. The molecule has 0 aliphatic carbocycles. The Balaban J connectivity index is 1.64. The lowest BCUT2D eigenvalue weighted by Crippen LogP contribution is -2.11. The number of ketones is 1. The molecule has 0 fully saturated rings. The Labute approximate surface area is 143 Å². The van der Waals surface area contributed by atoms with Crippen molar-refractivity contribution in [1.82, 2.24) is 4.98 Å². The van der Waals surface area contributed by atoms with Crippen LogP contribution < -0.4 is 10.6 Å². The van der Waals surface area contributed by atoms with E-state index in [2.05, 4.69) is 15.6 Å². The predicted octanol–water partition coefficient (Wildman–Crippen LogP) is 4.34. The van der Waals surface area contributed by atoms with Crippen molar-refractivity contribution < 1.29 is 9.59 Å². The van der Waals surface area contributed by atoms with Gasteiger partial charge in [-0.3, -0.25) is 9.59 Å². The minimum Gasteiger partial charge on any atom is -0.354 e. The van der Waals surface area contributed by atoms with E-state index in [1.807, 2.05) is 29.6 Å². The van der Waals surface area contributed by atoms with Gasteiger partial charge in [0.15, 0.2) is 5.78 Å². The number of Topliss-reactive ketones (excluding diaryl/α,β-unsaturated/α-hetero) is 1. The number of nitrogens with zero attached hydrogens (tertiary/aromatic N) is 1. The topological polar surface area (TPSA) is 71.1 Å². The Kier molecular flexibility index (Phi) is 4.67. The minimum absolute atomic E-state index is 0.0362. The lowest BCUT2D eigenvalue weighted by atomic mass is 10.1. The van der Waals surface area contributed by atoms with Crippen LogP contribution in [0.25, 0.3) is 0 Å². The zero-order valence-corrected chi connectivity index (χ0v) is 13.8. The van der Waals surface area contributed by atoms with Crippen LogP contribution in [-0.2, 0) is 0 Å². The van der Waals surface area contributed by atoms with Gasteiger partial charge in [0.25, 0.3) is 5.91 Å². The van der Waals surface area contributed by atoms with Crippen LogP contribution in [0.2, 0.25) is 0 Å². The van der Waals surface area contributed by atoms with Crippen molar-refractivity contribution in [1.29, 1.82) is 0 Å². The van der Waals surface area contributed by atoms with Crippen molar-refractivity contribution >= 4 is 40.2 Å². The van der Waals surface area contributed by atoms with Gasteiger partial charge in [0.1, 0.15) is 5.82 Å². The zero-order chi connectivity index (χ0) is 16.9. The molecule has 2 heterocycles. The van der Waals surface area contributed by atoms with E-state index in [4.69, 9.17) is 0 Å². The molecule has 0 bridgehead atoms. The fourth-order valence-electron chi connectivity index (χ4n) is 2.08. The van der Waals surface area contributed by atoms with Crippen molar-refractivity contribution in [2.24, 2.45) is 0 Å². The van der Waals surface area contributed by atoms with Crippen molar-refractivity contribution in [2.75, 3.05) is 10.6 Å². The van der Waals surface area contributed by atoms with Crippen LogP contribution in [0.5, 0.6) is 0 Å². The molecule has 0 saturated heterocycles. The van der Waals surface area contributed by atoms with E-state index in [9.17, 15) is 9.59 Å². The fraction of sp³-hybridized carbons (Fsp3) is 0.0556. The summed E-state index contributed by atoms with van der Waals surface area (Å²) in [6.07, 6.45) is 1.64. The molecule has 1 amide bonds. The molecule has 0 saturated carbocycles. The van der Waals surface area contributed by atoms with Crippen molar-refractivity contribution in [3.63, 3.8) is 0 Å². The number of nitrogens with one attached hydrogen (secondary N) is 2. The van der Waals surface area contributed by atoms with E-state index in [0.29, 0.717) is 16.3 Å². The molecule has 6 heteroatoms. The summed E-state index contributed by atoms with van der Waals surface area (Å²) in [5.41, 5.74) is 2.32. The standard InChI is InChI=1S/C18H15N3O2S/c1-12(22)13-4-6-14(7-5-13)20-15-8-9-17(19-11-15)21-18(23)16-3-2-10-24-16/h2-11,20H,1H3,(H,19,21,23). The third kappa shape index (κ3) is 3.85. The zero-order valence-electron chi connectivity index (χ0n) is 12.9. The van der Waals surface area contributed by atoms with Gasteiger partial charge in [-0.15, -0.1) is 11.3 Å². The molecule has 0 spiro atoms. The van der Waals surface area contributed by atoms with E-state index in [0.717, 1.165) is 11.4 Å². The lowest BCUT2D eigenvalue weighted by molar-refractivity contribution is 0.101. The van der Waals surface area contributed by atoms with E-state index < -0.39 is 0 Å². The average Bonchev–Trinajstić information content (AvgIpc) is 3.12. The van der Waals surface area contributed by atoms with Crippen LogP contribution in [0.15, 0.2) is 60.1 Å². The summed E-state index contributed by atoms with van der Waals surface area (Å²) in [5.74, 6) is 0.359. The summed E-state index contributed by atoms with van der Waals surface area (Å²) in [4.78, 5) is 28.1. The molecule has 5 nitrogen and oxygen atoms in total. The number of benzene rings is 1. The predicted molar refractivity (Wildman–Crippen MR) is 96.2 cm³/mol. The van der Waals surface area contributed by atoms with Gasteiger partial charge in [-0.25, -0.2) is 4.98 Å². The minimum atomic E-state index is -0.168. The first-order chi connectivity index (χ1) is 11.6. The van der Waals surface area contributed by atoms with Gasteiger partial charge in [-0.1, -0.05) is 6.07 Å². The smallest absolute Gasteiger partial charge is 0.266 e. The quantitative estimate of drug-likeness (QED) is 0.679. The monoisotopic (exact) mass is 337 g/mol. The summed E-state index contributed by atoms with van der Waals surface area (Å²) in [6.45, 7) is 1.54. The molecule has 1 aromatic carbocycles. The second-order valence-electron chi connectivity index (χ2n) is 5.12. The van der Waals surface area contributed by atoms with Gasteiger partial charge in [-0.05, 0) is 54.8 Å². The molecule has 0 atom stereocenters. The van der Waals surface area contributed by atoms with Crippen molar-refractivity contribution in [3.05, 3.63) is 70.5 Å². The first kappa shape index (κ1) is 15.9. The molecule has 24 heavy (non-hydrogen) atoms. The van der Waals surface area contributed by atoms with Gasteiger partial charge in [0, 0.05) is 11.3 Å². The average molecular weight is 337 g/mol. The Morgan fingerprint density at radius 3 is 2.33 bits per heavy atom. The summed E-state index contributed by atoms with van der Waals surface area (Å²) >= 11 is 1.38. The number of amides is 1. The maximum Gasteiger partial charge on any atom is 0.266 e. The number of carbonyl (C=O) groups excluding carboxylic acids is 2. The van der Waals surface area contributed by atoms with Crippen LogP contribution in [0.1, 0.15) is 27.0 Å². The second kappa shape index (κ2) is 7.06. The summed E-state index contributed by atoms with van der Waals surface area (Å²) in [7, 11) is 0. The van der Waals surface area contributed by atoms with E-state index >= 15 is 0 Å². The summed E-state index contributed by atoms with van der Waals surface area (Å²) in [5, 5.41) is 7.80. The van der Waals surface area contributed by atoms with Gasteiger partial charge in [0.05, 0.1) is 16.8 Å². The highest BCUT2D eigenvalue weighted by molar-refractivity contribution is 7.12. The molecule has 0 aliphatic rings. The molecule has 0 aliphatic heterocycles. The van der Waals surface area contributed by atoms with Crippen LogP contribution >= 0.6 is 11.3 Å². The second-order valence-corrected chi connectivity index (χ2v) is 6.07. The number of carbonyl (C=O) groups is 2. The van der Waals surface area contributed by atoms with Crippen LogP contribution in [0, 0.1) is 0 Å². The van der Waals surface area contributed by atoms with Crippen LogP contribution in [-0.4, -0.2) is 16.7 Å². The van der Waals surface area contributed by atoms with Gasteiger partial charge >= 0.3 is 0 Å².